The molecule has 0 spiro atoms. The van der Waals surface area contributed by atoms with Crippen LogP contribution in [0.25, 0.3) is 0 Å². The van der Waals surface area contributed by atoms with E-state index in [1.807, 2.05) is 6.20 Å². The minimum Gasteiger partial charge on any atom is -0.377 e. The van der Waals surface area contributed by atoms with Gasteiger partial charge in [-0.3, -0.25) is 0 Å². The minimum atomic E-state index is 0.00535. The van der Waals surface area contributed by atoms with Crippen LogP contribution in [0.1, 0.15) is 25.0 Å². The fraction of sp³-hybridized carbons (Fsp3) is 0.643. The zero-order valence-electron chi connectivity index (χ0n) is 11.6. The van der Waals surface area contributed by atoms with Crippen molar-refractivity contribution in [1.29, 1.82) is 0 Å². The van der Waals surface area contributed by atoms with Crippen molar-refractivity contribution in [3.8, 4) is 0 Å². The molecule has 100 valence electrons. The van der Waals surface area contributed by atoms with Gasteiger partial charge in [0.25, 0.3) is 0 Å². The maximum Gasteiger partial charge on any atom is 0.132 e. The van der Waals surface area contributed by atoms with Gasteiger partial charge in [0.15, 0.2) is 0 Å². The third kappa shape index (κ3) is 2.65. The predicted octanol–water partition coefficient (Wildman–Crippen LogP) is 1.51. The van der Waals surface area contributed by atoms with E-state index in [0.717, 1.165) is 32.0 Å². The number of anilines is 1. The number of aryl methyl sites for hydroxylation is 1. The van der Waals surface area contributed by atoms with E-state index in [0.29, 0.717) is 6.54 Å². The normalized spacial score (nSPS) is 19.0. The number of ether oxygens (including phenoxy) is 1. The van der Waals surface area contributed by atoms with Gasteiger partial charge >= 0.3 is 0 Å². The summed E-state index contributed by atoms with van der Waals surface area (Å²) in [6.07, 6.45) is 2.83. The fourth-order valence-electron chi connectivity index (χ4n) is 2.46. The lowest BCUT2D eigenvalue weighted by molar-refractivity contribution is 0.0638. The Bertz CT molecular complexity index is 418. The molecule has 1 aliphatic rings. The zero-order valence-corrected chi connectivity index (χ0v) is 11.6. The molecule has 2 heterocycles. The quantitative estimate of drug-likeness (QED) is 0.882. The average Bonchev–Trinajstić information content (AvgIpc) is 2.30. The Morgan fingerprint density at radius 2 is 2.28 bits per heavy atom. The van der Waals surface area contributed by atoms with E-state index in [4.69, 9.17) is 10.5 Å². The van der Waals surface area contributed by atoms with Crippen LogP contribution in [0.2, 0.25) is 0 Å². The Morgan fingerprint density at radius 3 is 2.89 bits per heavy atom. The van der Waals surface area contributed by atoms with Crippen molar-refractivity contribution in [3.05, 3.63) is 23.4 Å². The molecule has 0 aromatic carbocycles. The predicted molar refractivity (Wildman–Crippen MR) is 74.0 cm³/mol. The first-order chi connectivity index (χ1) is 8.54. The Kier molecular flexibility index (Phi) is 3.88. The number of rotatable bonds is 3. The summed E-state index contributed by atoms with van der Waals surface area (Å²) in [4.78, 5) is 6.98. The van der Waals surface area contributed by atoms with Gasteiger partial charge in [-0.05, 0) is 44.9 Å². The first kappa shape index (κ1) is 13.3. The molecule has 0 unspecified atom stereocenters. The van der Waals surface area contributed by atoms with E-state index in [1.54, 1.807) is 0 Å². The van der Waals surface area contributed by atoms with Crippen LogP contribution in [0.4, 0.5) is 5.82 Å². The molecule has 0 aliphatic carbocycles. The van der Waals surface area contributed by atoms with Crippen molar-refractivity contribution in [3.63, 3.8) is 0 Å². The van der Waals surface area contributed by atoms with Crippen LogP contribution in [-0.4, -0.2) is 36.8 Å². The Balaban J connectivity index is 2.27. The third-order valence-corrected chi connectivity index (χ3v) is 3.44. The van der Waals surface area contributed by atoms with E-state index in [1.165, 1.54) is 11.1 Å². The molecule has 0 radical (unpaired) electrons. The summed E-state index contributed by atoms with van der Waals surface area (Å²) in [6.45, 7) is 9.60. The zero-order chi connectivity index (χ0) is 13.2. The molecular weight excluding hydrogens is 226 g/mol. The average molecular weight is 249 g/mol. The van der Waals surface area contributed by atoms with Crippen molar-refractivity contribution in [2.75, 3.05) is 31.2 Å². The molecule has 18 heavy (non-hydrogen) atoms. The maximum atomic E-state index is 5.58. The summed E-state index contributed by atoms with van der Waals surface area (Å²) in [5, 5.41) is 0. The molecule has 0 saturated carbocycles. The van der Waals surface area contributed by atoms with Gasteiger partial charge in [-0.15, -0.1) is 0 Å². The summed E-state index contributed by atoms with van der Waals surface area (Å²) in [5.74, 6) is 1.07. The second-order valence-electron chi connectivity index (χ2n) is 5.54. The standard InChI is InChI=1S/C14H23N3O/c1-11-8-12(4-5-15)9-16-13(11)17-6-7-18-10-14(17,2)3/h8-9H,4-7,10,15H2,1-3H3. The highest BCUT2D eigenvalue weighted by Crippen LogP contribution is 2.28. The van der Waals surface area contributed by atoms with Crippen molar-refractivity contribution < 1.29 is 4.74 Å². The smallest absolute Gasteiger partial charge is 0.132 e. The maximum absolute atomic E-state index is 5.58. The van der Waals surface area contributed by atoms with Gasteiger partial charge in [0, 0.05) is 12.7 Å². The highest BCUT2D eigenvalue weighted by molar-refractivity contribution is 5.50. The molecule has 4 heteroatoms. The van der Waals surface area contributed by atoms with Crippen LogP contribution in [-0.2, 0) is 11.2 Å². The topological polar surface area (TPSA) is 51.4 Å². The summed E-state index contributed by atoms with van der Waals surface area (Å²) < 4.78 is 5.55. The van der Waals surface area contributed by atoms with Crippen molar-refractivity contribution in [2.45, 2.75) is 32.7 Å². The van der Waals surface area contributed by atoms with E-state index >= 15 is 0 Å². The summed E-state index contributed by atoms with van der Waals surface area (Å²) >= 11 is 0. The molecule has 1 aliphatic heterocycles. The van der Waals surface area contributed by atoms with Crippen molar-refractivity contribution in [1.82, 2.24) is 4.98 Å². The number of aromatic nitrogens is 1. The molecule has 0 atom stereocenters. The van der Waals surface area contributed by atoms with E-state index in [-0.39, 0.29) is 5.54 Å². The molecule has 0 amide bonds. The van der Waals surface area contributed by atoms with Crippen LogP contribution in [0, 0.1) is 6.92 Å². The summed E-state index contributed by atoms with van der Waals surface area (Å²) in [5.41, 5.74) is 8.02. The Labute approximate surface area is 109 Å². The first-order valence-corrected chi connectivity index (χ1v) is 6.55. The van der Waals surface area contributed by atoms with E-state index < -0.39 is 0 Å². The largest absolute Gasteiger partial charge is 0.377 e. The van der Waals surface area contributed by atoms with Gasteiger partial charge in [0.1, 0.15) is 5.82 Å². The lowest BCUT2D eigenvalue weighted by atomic mass is 10.0. The highest BCUT2D eigenvalue weighted by atomic mass is 16.5. The summed E-state index contributed by atoms with van der Waals surface area (Å²) in [7, 11) is 0. The molecule has 2 N–H and O–H groups in total. The molecule has 1 aromatic heterocycles. The van der Waals surface area contributed by atoms with Crippen LogP contribution in [0.5, 0.6) is 0 Å². The van der Waals surface area contributed by atoms with E-state index in [2.05, 4.69) is 36.7 Å². The number of pyridine rings is 1. The summed E-state index contributed by atoms with van der Waals surface area (Å²) in [6, 6.07) is 2.20. The van der Waals surface area contributed by atoms with E-state index in [9.17, 15) is 0 Å². The Morgan fingerprint density at radius 1 is 1.50 bits per heavy atom. The second-order valence-corrected chi connectivity index (χ2v) is 5.54. The molecule has 0 bridgehead atoms. The molecular formula is C14H23N3O. The number of nitrogens with two attached hydrogens (primary N) is 1. The van der Waals surface area contributed by atoms with Crippen LogP contribution in [0.15, 0.2) is 12.3 Å². The van der Waals surface area contributed by atoms with Gasteiger partial charge in [-0.25, -0.2) is 4.98 Å². The number of nitrogens with zero attached hydrogens (tertiary/aromatic N) is 2. The number of hydrogen-bond acceptors (Lipinski definition) is 4. The Hall–Kier alpha value is -1.13. The lowest BCUT2D eigenvalue weighted by Gasteiger charge is -2.43. The van der Waals surface area contributed by atoms with Crippen LogP contribution in [0.3, 0.4) is 0 Å². The fourth-order valence-corrected chi connectivity index (χ4v) is 2.46. The minimum absolute atomic E-state index is 0.00535. The highest BCUT2D eigenvalue weighted by Gasteiger charge is 2.32. The first-order valence-electron chi connectivity index (χ1n) is 6.55. The third-order valence-electron chi connectivity index (χ3n) is 3.44. The van der Waals surface area contributed by atoms with Gasteiger partial charge < -0.3 is 15.4 Å². The van der Waals surface area contributed by atoms with Gasteiger partial charge in [0.05, 0.1) is 18.8 Å². The second kappa shape index (κ2) is 5.24. The van der Waals surface area contributed by atoms with Gasteiger partial charge in [-0.1, -0.05) is 6.07 Å². The molecule has 1 aromatic rings. The molecule has 1 saturated heterocycles. The van der Waals surface area contributed by atoms with Crippen LogP contribution >= 0.6 is 0 Å². The van der Waals surface area contributed by atoms with Gasteiger partial charge in [0.2, 0.25) is 0 Å². The van der Waals surface area contributed by atoms with Gasteiger partial charge in [-0.2, -0.15) is 0 Å². The number of hydrogen-bond donors (Lipinski definition) is 1. The molecule has 1 fully saturated rings. The molecule has 2 rings (SSSR count). The van der Waals surface area contributed by atoms with Crippen molar-refractivity contribution >= 4 is 5.82 Å². The monoisotopic (exact) mass is 249 g/mol. The number of morpholine rings is 1. The van der Waals surface area contributed by atoms with Crippen LogP contribution < -0.4 is 10.6 Å². The molecule has 4 nitrogen and oxygen atoms in total. The SMILES string of the molecule is Cc1cc(CCN)cnc1N1CCOCC1(C)C. The van der Waals surface area contributed by atoms with Crippen molar-refractivity contribution in [2.24, 2.45) is 5.73 Å². The lowest BCUT2D eigenvalue weighted by Crippen LogP contribution is -2.53.